The summed E-state index contributed by atoms with van der Waals surface area (Å²) < 4.78 is 27.5. The number of ether oxygens (including phenoxy) is 1. The molecule has 1 aromatic rings. The van der Waals surface area contributed by atoms with Gasteiger partial charge in [0.25, 0.3) is 0 Å². The van der Waals surface area contributed by atoms with Gasteiger partial charge in [-0.1, -0.05) is 12.1 Å². The average Bonchev–Trinajstić information content (AvgIpc) is 2.43. The second kappa shape index (κ2) is 8.45. The van der Waals surface area contributed by atoms with Gasteiger partial charge in [0.1, 0.15) is 0 Å². The number of benzene rings is 1. The minimum Gasteiger partial charge on any atom is -0.391 e. The molecule has 120 valence electrons. The molecule has 0 heterocycles. The third-order valence-electron chi connectivity index (χ3n) is 3.04. The first-order valence-electron chi connectivity index (χ1n) is 6.70. The highest BCUT2D eigenvalue weighted by molar-refractivity contribution is 7.90. The van der Waals surface area contributed by atoms with Gasteiger partial charge in [0.2, 0.25) is 0 Å². The van der Waals surface area contributed by atoms with Gasteiger partial charge in [-0.15, -0.1) is 0 Å². The molecule has 0 aliphatic carbocycles. The zero-order chi connectivity index (χ0) is 15.9. The summed E-state index contributed by atoms with van der Waals surface area (Å²) >= 11 is 0. The van der Waals surface area contributed by atoms with Gasteiger partial charge in [0.15, 0.2) is 9.84 Å². The molecule has 7 heteroatoms. The van der Waals surface area contributed by atoms with Crippen molar-refractivity contribution >= 4 is 9.84 Å². The molecule has 0 fully saturated rings. The summed E-state index contributed by atoms with van der Waals surface area (Å²) in [6.45, 7) is 1.18. The van der Waals surface area contributed by atoms with E-state index < -0.39 is 22.0 Å². The molecular formula is C14H23NO5S. The van der Waals surface area contributed by atoms with Crippen LogP contribution in [0.2, 0.25) is 0 Å². The number of hydrogen-bond acceptors (Lipinski definition) is 6. The molecule has 0 saturated heterocycles. The summed E-state index contributed by atoms with van der Waals surface area (Å²) in [5, 5.41) is 22.5. The summed E-state index contributed by atoms with van der Waals surface area (Å²) in [4.78, 5) is 0.231. The summed E-state index contributed by atoms with van der Waals surface area (Å²) in [5.41, 5.74) is 0.646. The van der Waals surface area contributed by atoms with Crippen LogP contribution in [0.25, 0.3) is 0 Å². The first-order valence-corrected chi connectivity index (χ1v) is 8.59. The van der Waals surface area contributed by atoms with E-state index in [1.54, 1.807) is 12.1 Å². The Morgan fingerprint density at radius 3 is 2.38 bits per heavy atom. The molecule has 0 bridgehead atoms. The molecule has 6 nitrogen and oxygen atoms in total. The van der Waals surface area contributed by atoms with Crippen molar-refractivity contribution in [3.8, 4) is 0 Å². The quantitative estimate of drug-likeness (QED) is 0.560. The summed E-state index contributed by atoms with van der Waals surface area (Å²) in [6.07, 6.45) is 0.436. The molecule has 21 heavy (non-hydrogen) atoms. The Morgan fingerprint density at radius 2 is 1.86 bits per heavy atom. The maximum absolute atomic E-state index is 11.3. The maximum Gasteiger partial charge on any atom is 0.175 e. The van der Waals surface area contributed by atoms with Crippen LogP contribution >= 0.6 is 0 Å². The number of aliphatic hydroxyl groups excluding tert-OH is 2. The molecule has 0 amide bonds. The Hall–Kier alpha value is -0.990. The first kappa shape index (κ1) is 18.1. The molecular weight excluding hydrogens is 294 g/mol. The van der Waals surface area contributed by atoms with E-state index >= 15 is 0 Å². The molecule has 0 aliphatic heterocycles. The van der Waals surface area contributed by atoms with Crippen molar-refractivity contribution in [2.75, 3.05) is 33.1 Å². The number of aliphatic hydroxyl groups is 2. The van der Waals surface area contributed by atoms with Gasteiger partial charge in [0, 0.05) is 19.9 Å². The van der Waals surface area contributed by atoms with E-state index in [1.165, 1.54) is 19.2 Å². The average molecular weight is 317 g/mol. The number of rotatable bonds is 9. The highest BCUT2D eigenvalue weighted by Gasteiger charge is 2.11. The Labute approximate surface area is 125 Å². The molecule has 3 N–H and O–H groups in total. The largest absolute Gasteiger partial charge is 0.391 e. The number of methoxy groups -OCH3 is 1. The van der Waals surface area contributed by atoms with Crippen LogP contribution in [0.15, 0.2) is 29.2 Å². The van der Waals surface area contributed by atoms with Crippen molar-refractivity contribution in [2.45, 2.75) is 23.5 Å². The maximum atomic E-state index is 11.3. The molecule has 0 aliphatic rings. The van der Waals surface area contributed by atoms with Gasteiger partial charge in [-0.3, -0.25) is 0 Å². The summed E-state index contributed by atoms with van der Waals surface area (Å²) in [6, 6.07) is 6.16. The van der Waals surface area contributed by atoms with Crippen LogP contribution in [0, 0.1) is 0 Å². The second-order valence-electron chi connectivity index (χ2n) is 4.96. The Morgan fingerprint density at radius 1 is 1.24 bits per heavy atom. The van der Waals surface area contributed by atoms with Crippen LogP contribution < -0.4 is 5.32 Å². The summed E-state index contributed by atoms with van der Waals surface area (Å²) in [5.74, 6) is 0. The van der Waals surface area contributed by atoms with Crippen LogP contribution in [-0.4, -0.2) is 57.8 Å². The van der Waals surface area contributed by atoms with Crippen molar-refractivity contribution in [1.29, 1.82) is 0 Å². The topological polar surface area (TPSA) is 95.9 Å². The fourth-order valence-electron chi connectivity index (χ4n) is 1.84. The molecule has 0 aromatic heterocycles. The molecule has 2 atom stereocenters. The Balaban J connectivity index is 2.40. The standard InChI is InChI=1S/C14H23NO5S/c1-20-10-12(16)7-8-15-9-14(17)11-3-5-13(6-4-11)21(2,18)19/h3-6,12,14-17H,7-10H2,1-2H3. The molecule has 1 rings (SSSR count). The van der Waals surface area contributed by atoms with Gasteiger partial charge in [0.05, 0.1) is 23.7 Å². The molecule has 0 saturated carbocycles. The minimum absolute atomic E-state index is 0.231. The predicted molar refractivity (Wildman–Crippen MR) is 79.9 cm³/mol. The predicted octanol–water partition coefficient (Wildman–Crippen LogP) is 0.111. The van der Waals surface area contributed by atoms with Gasteiger partial charge < -0.3 is 20.3 Å². The Bertz CT molecular complexity index is 515. The van der Waals surface area contributed by atoms with Crippen LogP contribution in [0.1, 0.15) is 18.1 Å². The van der Waals surface area contributed by atoms with E-state index in [2.05, 4.69) is 5.32 Å². The zero-order valence-corrected chi connectivity index (χ0v) is 13.1. The van der Waals surface area contributed by atoms with Gasteiger partial charge in [-0.2, -0.15) is 0 Å². The number of nitrogens with one attached hydrogen (secondary N) is 1. The van der Waals surface area contributed by atoms with Crippen molar-refractivity contribution < 1.29 is 23.4 Å². The van der Waals surface area contributed by atoms with E-state index in [9.17, 15) is 18.6 Å². The van der Waals surface area contributed by atoms with Crippen molar-refractivity contribution in [2.24, 2.45) is 0 Å². The van der Waals surface area contributed by atoms with Crippen molar-refractivity contribution in [3.63, 3.8) is 0 Å². The fourth-order valence-corrected chi connectivity index (χ4v) is 2.47. The van der Waals surface area contributed by atoms with Crippen molar-refractivity contribution in [1.82, 2.24) is 5.32 Å². The lowest BCUT2D eigenvalue weighted by molar-refractivity contribution is 0.0586. The number of hydrogen-bond donors (Lipinski definition) is 3. The molecule has 0 radical (unpaired) electrons. The minimum atomic E-state index is -3.22. The first-order chi connectivity index (χ1) is 9.84. The van der Waals surface area contributed by atoms with Crippen LogP contribution in [-0.2, 0) is 14.6 Å². The van der Waals surface area contributed by atoms with Crippen LogP contribution in [0.3, 0.4) is 0 Å². The van der Waals surface area contributed by atoms with Gasteiger partial charge >= 0.3 is 0 Å². The highest BCUT2D eigenvalue weighted by Crippen LogP contribution is 2.15. The fraction of sp³-hybridized carbons (Fsp3) is 0.571. The van der Waals surface area contributed by atoms with E-state index in [-0.39, 0.29) is 11.5 Å². The van der Waals surface area contributed by atoms with Gasteiger partial charge in [-0.05, 0) is 30.7 Å². The summed E-state index contributed by atoms with van der Waals surface area (Å²) in [7, 11) is -1.69. The third-order valence-corrected chi connectivity index (χ3v) is 4.17. The zero-order valence-electron chi connectivity index (χ0n) is 12.3. The highest BCUT2D eigenvalue weighted by atomic mass is 32.2. The monoisotopic (exact) mass is 317 g/mol. The van der Waals surface area contributed by atoms with Gasteiger partial charge in [-0.25, -0.2) is 8.42 Å². The van der Waals surface area contributed by atoms with Crippen molar-refractivity contribution in [3.05, 3.63) is 29.8 Å². The van der Waals surface area contributed by atoms with Crippen LogP contribution in [0.4, 0.5) is 0 Å². The smallest absolute Gasteiger partial charge is 0.175 e. The second-order valence-corrected chi connectivity index (χ2v) is 6.97. The molecule has 2 unspecified atom stereocenters. The lowest BCUT2D eigenvalue weighted by atomic mass is 10.1. The van der Waals surface area contributed by atoms with E-state index in [0.29, 0.717) is 25.1 Å². The van der Waals surface area contributed by atoms with Crippen LogP contribution in [0.5, 0.6) is 0 Å². The van der Waals surface area contributed by atoms with E-state index in [0.717, 1.165) is 6.26 Å². The lowest BCUT2D eigenvalue weighted by Gasteiger charge is -2.14. The SMILES string of the molecule is COCC(O)CCNCC(O)c1ccc(S(C)(=O)=O)cc1. The van der Waals surface area contributed by atoms with E-state index in [1.807, 2.05) is 0 Å². The molecule has 0 spiro atoms. The number of sulfone groups is 1. The van der Waals surface area contributed by atoms with E-state index in [4.69, 9.17) is 4.74 Å². The molecule has 1 aromatic carbocycles. The normalized spacial score (nSPS) is 14.9. The lowest BCUT2D eigenvalue weighted by Crippen LogP contribution is -2.26. The third kappa shape index (κ3) is 6.54. The Kier molecular flexibility index (Phi) is 7.27.